The second kappa shape index (κ2) is 16.1. The molecule has 46 heavy (non-hydrogen) atoms. The average Bonchev–Trinajstić information content (AvgIpc) is 3.09. The molecule has 1 aliphatic rings. The minimum atomic E-state index is -0.503. The minimum absolute atomic E-state index is 0.0556. The van der Waals surface area contributed by atoms with Gasteiger partial charge in [-0.05, 0) is 73.7 Å². The normalized spacial score (nSPS) is 12.7. The Morgan fingerprint density at radius 3 is 2.28 bits per heavy atom. The number of nitrogens with zero attached hydrogens (tertiary/aromatic N) is 5. The van der Waals surface area contributed by atoms with E-state index in [1.807, 2.05) is 33.7 Å². The maximum atomic E-state index is 14.2. The number of rotatable bonds is 14. The third-order valence-corrected chi connectivity index (χ3v) is 9.61. The molecule has 1 aliphatic carbocycles. The highest BCUT2D eigenvalue weighted by molar-refractivity contribution is 7.98. The number of fused-ring (bicyclic) bond motifs is 1. The standard InChI is InChI=1S/C36H41F2N5O2S/c1-3-41(4-2)19-20-42(23-28-13-18-32(39-22-28)29-14-9-26(21-37)10-15-29)34(44)24-43-33-8-6-5-7-31(33)35(45)40-36(43)46-25-27-11-16-30(38)17-12-27/h9-18,22H,3-8,19-21,23-25H2,1-2H3. The summed E-state index contributed by atoms with van der Waals surface area (Å²) in [5, 5.41) is 0.511. The molecular formula is C36H41F2N5O2S. The summed E-state index contributed by atoms with van der Waals surface area (Å²) >= 11 is 1.40. The molecule has 2 aromatic carbocycles. The molecule has 0 atom stereocenters. The Balaban J connectivity index is 1.40. The number of benzene rings is 2. The van der Waals surface area contributed by atoms with E-state index in [2.05, 4.69) is 28.7 Å². The lowest BCUT2D eigenvalue weighted by Crippen LogP contribution is -2.41. The Bertz CT molecular complexity index is 1660. The Labute approximate surface area is 273 Å². The van der Waals surface area contributed by atoms with Gasteiger partial charge < -0.3 is 14.4 Å². The van der Waals surface area contributed by atoms with E-state index < -0.39 is 6.67 Å². The molecule has 0 radical (unpaired) electrons. The molecule has 0 aliphatic heterocycles. The van der Waals surface area contributed by atoms with Crippen LogP contribution in [-0.4, -0.2) is 56.4 Å². The number of amides is 1. The molecule has 0 saturated heterocycles. The molecule has 0 N–H and O–H groups in total. The van der Waals surface area contributed by atoms with E-state index in [-0.39, 0.29) is 23.8 Å². The molecule has 0 fully saturated rings. The summed E-state index contributed by atoms with van der Waals surface area (Å²) in [7, 11) is 0. The van der Waals surface area contributed by atoms with Gasteiger partial charge in [0.2, 0.25) is 5.91 Å². The Kier molecular flexibility index (Phi) is 11.7. The highest BCUT2D eigenvalue weighted by Gasteiger charge is 2.24. The number of pyridine rings is 1. The van der Waals surface area contributed by atoms with Crippen LogP contribution in [0.2, 0.25) is 0 Å². The van der Waals surface area contributed by atoms with Gasteiger partial charge in [0.1, 0.15) is 19.0 Å². The van der Waals surface area contributed by atoms with Crippen LogP contribution in [0.1, 0.15) is 54.6 Å². The lowest BCUT2D eigenvalue weighted by atomic mass is 9.97. The maximum absolute atomic E-state index is 14.2. The van der Waals surface area contributed by atoms with Gasteiger partial charge in [0.05, 0.1) is 5.69 Å². The smallest absolute Gasteiger partial charge is 0.277 e. The molecule has 0 spiro atoms. The monoisotopic (exact) mass is 645 g/mol. The zero-order valence-corrected chi connectivity index (χ0v) is 27.4. The van der Waals surface area contributed by atoms with Crippen LogP contribution in [0, 0.1) is 5.82 Å². The number of hydrogen-bond donors (Lipinski definition) is 0. The molecule has 2 aromatic heterocycles. The highest BCUT2D eigenvalue weighted by atomic mass is 32.2. The fourth-order valence-electron chi connectivity index (χ4n) is 5.75. The number of aromatic nitrogens is 3. The van der Waals surface area contributed by atoms with E-state index in [1.165, 1.54) is 23.9 Å². The fraction of sp³-hybridized carbons (Fsp3) is 0.389. The highest BCUT2D eigenvalue weighted by Crippen LogP contribution is 2.27. The van der Waals surface area contributed by atoms with Crippen molar-refractivity contribution >= 4 is 17.7 Å². The number of halogens is 2. The van der Waals surface area contributed by atoms with Crippen molar-refractivity contribution in [2.45, 2.75) is 70.2 Å². The number of likely N-dealkylation sites (N-methyl/N-ethyl adjacent to an activating group) is 1. The number of thioether (sulfide) groups is 1. The number of alkyl halides is 1. The topological polar surface area (TPSA) is 71.3 Å². The van der Waals surface area contributed by atoms with Gasteiger partial charge in [0.25, 0.3) is 5.56 Å². The maximum Gasteiger partial charge on any atom is 0.277 e. The van der Waals surface area contributed by atoms with Crippen LogP contribution in [0.3, 0.4) is 0 Å². The Morgan fingerprint density at radius 2 is 1.61 bits per heavy atom. The van der Waals surface area contributed by atoms with Crippen molar-refractivity contribution in [1.82, 2.24) is 24.3 Å². The first-order valence-corrected chi connectivity index (χ1v) is 17.0. The molecule has 0 bridgehead atoms. The van der Waals surface area contributed by atoms with Crippen molar-refractivity contribution in [3.63, 3.8) is 0 Å². The summed E-state index contributed by atoms with van der Waals surface area (Å²) in [6.45, 7) is 7.24. The first-order chi connectivity index (χ1) is 22.4. The van der Waals surface area contributed by atoms with Crippen LogP contribution < -0.4 is 5.56 Å². The molecule has 5 rings (SSSR count). The van der Waals surface area contributed by atoms with Crippen LogP contribution in [0.4, 0.5) is 8.78 Å². The first kappa shape index (κ1) is 33.5. The zero-order chi connectivity index (χ0) is 32.5. The third-order valence-electron chi connectivity index (χ3n) is 8.56. The molecule has 0 saturated carbocycles. The van der Waals surface area contributed by atoms with Crippen LogP contribution in [0.25, 0.3) is 11.3 Å². The molecule has 2 heterocycles. The summed E-state index contributed by atoms with van der Waals surface area (Å²) in [5.41, 5.74) is 5.51. The van der Waals surface area contributed by atoms with Gasteiger partial charge in [0.15, 0.2) is 5.16 Å². The Morgan fingerprint density at radius 1 is 0.913 bits per heavy atom. The van der Waals surface area contributed by atoms with E-state index in [1.54, 1.807) is 30.5 Å². The van der Waals surface area contributed by atoms with Crippen molar-refractivity contribution in [2.24, 2.45) is 0 Å². The first-order valence-electron chi connectivity index (χ1n) is 16.0. The second-order valence-corrected chi connectivity index (χ2v) is 12.5. The molecule has 4 aromatic rings. The van der Waals surface area contributed by atoms with Crippen molar-refractivity contribution in [2.75, 3.05) is 26.2 Å². The van der Waals surface area contributed by atoms with E-state index in [9.17, 15) is 18.4 Å². The summed E-state index contributed by atoms with van der Waals surface area (Å²) < 4.78 is 28.4. The van der Waals surface area contributed by atoms with E-state index in [0.717, 1.165) is 67.0 Å². The van der Waals surface area contributed by atoms with E-state index in [4.69, 9.17) is 0 Å². The van der Waals surface area contributed by atoms with Gasteiger partial charge in [-0.2, -0.15) is 4.98 Å². The van der Waals surface area contributed by atoms with Crippen LogP contribution >= 0.6 is 11.8 Å². The number of hydrogen-bond acceptors (Lipinski definition) is 6. The molecule has 0 unspecified atom stereocenters. The lowest BCUT2D eigenvalue weighted by Gasteiger charge is -2.29. The van der Waals surface area contributed by atoms with Gasteiger partial charge in [-0.3, -0.25) is 14.6 Å². The molecule has 242 valence electrons. The summed E-state index contributed by atoms with van der Waals surface area (Å²) in [6, 6.07) is 17.4. The average molecular weight is 646 g/mol. The minimum Gasteiger partial charge on any atom is -0.335 e. The van der Waals surface area contributed by atoms with Crippen molar-refractivity contribution in [1.29, 1.82) is 0 Å². The third kappa shape index (κ3) is 8.47. The largest absolute Gasteiger partial charge is 0.335 e. The van der Waals surface area contributed by atoms with Crippen molar-refractivity contribution < 1.29 is 13.6 Å². The predicted octanol–water partition coefficient (Wildman–Crippen LogP) is 6.46. The zero-order valence-electron chi connectivity index (χ0n) is 26.6. The number of carbonyl (C=O) groups excluding carboxylic acids is 1. The van der Waals surface area contributed by atoms with Crippen molar-refractivity contribution in [3.05, 3.63) is 111 Å². The Hall–Kier alpha value is -3.89. The van der Waals surface area contributed by atoms with Crippen LogP contribution in [-0.2, 0) is 43.2 Å². The predicted molar refractivity (Wildman–Crippen MR) is 179 cm³/mol. The van der Waals surface area contributed by atoms with Gasteiger partial charge in [-0.25, -0.2) is 8.78 Å². The van der Waals surface area contributed by atoms with Crippen LogP contribution in [0.5, 0.6) is 0 Å². The van der Waals surface area contributed by atoms with Gasteiger partial charge in [-0.15, -0.1) is 0 Å². The quantitative estimate of drug-likeness (QED) is 0.116. The molecule has 7 nitrogen and oxygen atoms in total. The lowest BCUT2D eigenvalue weighted by molar-refractivity contribution is -0.133. The van der Waals surface area contributed by atoms with Crippen molar-refractivity contribution in [3.8, 4) is 11.3 Å². The van der Waals surface area contributed by atoms with Gasteiger partial charge in [0, 0.05) is 48.4 Å². The fourth-order valence-corrected chi connectivity index (χ4v) is 6.72. The van der Waals surface area contributed by atoms with Gasteiger partial charge >= 0.3 is 0 Å². The van der Waals surface area contributed by atoms with E-state index >= 15 is 0 Å². The van der Waals surface area contributed by atoms with E-state index in [0.29, 0.717) is 41.5 Å². The summed E-state index contributed by atoms with van der Waals surface area (Å²) in [6.07, 6.45) is 5.06. The van der Waals surface area contributed by atoms with Crippen LogP contribution in [0.15, 0.2) is 76.8 Å². The molecular weight excluding hydrogens is 604 g/mol. The van der Waals surface area contributed by atoms with Gasteiger partial charge in [-0.1, -0.05) is 68.1 Å². The summed E-state index contributed by atoms with van der Waals surface area (Å²) in [5.74, 6) is 0.143. The number of carbonyl (C=O) groups is 1. The SMILES string of the molecule is CCN(CC)CCN(Cc1ccc(-c2ccc(CF)cc2)nc1)C(=O)Cn1c(SCc2ccc(F)cc2)nc(=O)c2c1CCCC2. The molecule has 1 amide bonds. The summed E-state index contributed by atoms with van der Waals surface area (Å²) in [4.78, 5) is 40.5. The second-order valence-electron chi connectivity index (χ2n) is 11.6. The molecule has 10 heteroatoms.